The second-order valence-corrected chi connectivity index (χ2v) is 4.42. The molecule has 0 spiro atoms. The number of ether oxygens (including phenoxy) is 1. The zero-order valence-corrected chi connectivity index (χ0v) is 11.0. The Labute approximate surface area is 107 Å². The Kier molecular flexibility index (Phi) is 5.54. The van der Waals surface area contributed by atoms with Crippen molar-refractivity contribution in [2.24, 2.45) is 5.73 Å². The van der Waals surface area contributed by atoms with Gasteiger partial charge in [-0.3, -0.25) is 4.79 Å². The lowest BCUT2D eigenvalue weighted by atomic mass is 10.2. The number of hydrogen-bond donors (Lipinski definition) is 2. The topological polar surface area (TPSA) is 64.3 Å². The summed E-state index contributed by atoms with van der Waals surface area (Å²) in [4.78, 5) is 11.6. The predicted molar refractivity (Wildman–Crippen MR) is 67.2 cm³/mol. The number of carbonyl (C=O) groups is 1. The first-order valence-corrected chi connectivity index (χ1v) is 5.84. The summed E-state index contributed by atoms with van der Waals surface area (Å²) in [5.41, 5.74) is 5.72. The minimum Gasteiger partial charge on any atom is -0.385 e. The predicted octanol–water partition coefficient (Wildman–Crippen LogP) is 1.89. The van der Waals surface area contributed by atoms with Crippen molar-refractivity contribution in [2.45, 2.75) is 12.5 Å². The van der Waals surface area contributed by atoms with Gasteiger partial charge in [0.1, 0.15) is 5.82 Å². The van der Waals surface area contributed by atoms with Crippen LogP contribution in [0.25, 0.3) is 0 Å². The van der Waals surface area contributed by atoms with Gasteiger partial charge in [0.05, 0.1) is 11.7 Å². The molecule has 0 saturated heterocycles. The third-order valence-electron chi connectivity index (χ3n) is 2.16. The Hall–Kier alpha value is -0.980. The molecular formula is C11H14BrFN2O2. The molecule has 0 aliphatic carbocycles. The van der Waals surface area contributed by atoms with Crippen molar-refractivity contribution < 1.29 is 13.9 Å². The smallest absolute Gasteiger partial charge is 0.241 e. The van der Waals surface area contributed by atoms with E-state index in [0.717, 1.165) is 0 Å². The Balaban J connectivity index is 2.61. The molecule has 4 nitrogen and oxygen atoms in total. The molecule has 1 atom stereocenters. The summed E-state index contributed by atoms with van der Waals surface area (Å²) in [5.74, 6) is -0.935. The van der Waals surface area contributed by atoms with Crippen LogP contribution in [-0.4, -0.2) is 25.7 Å². The average Bonchev–Trinajstić information content (AvgIpc) is 2.29. The number of rotatable bonds is 5. The average molecular weight is 305 g/mol. The van der Waals surface area contributed by atoms with Crippen LogP contribution in [0.4, 0.5) is 10.1 Å². The van der Waals surface area contributed by atoms with E-state index in [-0.39, 0.29) is 5.69 Å². The number of carbonyl (C=O) groups excluding carboxylic acids is 1. The van der Waals surface area contributed by atoms with Crippen LogP contribution in [0.15, 0.2) is 22.7 Å². The van der Waals surface area contributed by atoms with Gasteiger partial charge in [-0.05, 0) is 24.6 Å². The molecule has 1 amide bonds. The summed E-state index contributed by atoms with van der Waals surface area (Å²) in [6.07, 6.45) is 0.389. The number of amides is 1. The van der Waals surface area contributed by atoms with Crippen molar-refractivity contribution in [3.05, 3.63) is 28.5 Å². The number of halogens is 2. The van der Waals surface area contributed by atoms with Gasteiger partial charge in [0.15, 0.2) is 0 Å². The van der Waals surface area contributed by atoms with Crippen molar-refractivity contribution in [3.8, 4) is 0 Å². The minimum absolute atomic E-state index is 0.117. The zero-order chi connectivity index (χ0) is 12.8. The van der Waals surface area contributed by atoms with E-state index in [1.165, 1.54) is 19.2 Å². The number of methoxy groups -OCH3 is 1. The van der Waals surface area contributed by atoms with Gasteiger partial charge in [-0.2, -0.15) is 0 Å². The lowest BCUT2D eigenvalue weighted by Crippen LogP contribution is -2.36. The second kappa shape index (κ2) is 6.68. The highest BCUT2D eigenvalue weighted by Gasteiger charge is 2.14. The fourth-order valence-electron chi connectivity index (χ4n) is 1.19. The minimum atomic E-state index is -0.710. The fraction of sp³-hybridized carbons (Fsp3) is 0.364. The van der Waals surface area contributed by atoms with Crippen LogP contribution in [0.3, 0.4) is 0 Å². The Morgan fingerprint density at radius 3 is 2.94 bits per heavy atom. The molecule has 6 heteroatoms. The van der Waals surface area contributed by atoms with Crippen molar-refractivity contribution in [2.75, 3.05) is 19.0 Å². The maximum absolute atomic E-state index is 13.4. The van der Waals surface area contributed by atoms with Crippen LogP contribution in [-0.2, 0) is 9.53 Å². The summed E-state index contributed by atoms with van der Waals surface area (Å²) in [7, 11) is 1.53. The largest absolute Gasteiger partial charge is 0.385 e. The van der Waals surface area contributed by atoms with E-state index in [4.69, 9.17) is 10.5 Å². The first-order chi connectivity index (χ1) is 8.04. The van der Waals surface area contributed by atoms with E-state index in [0.29, 0.717) is 17.5 Å². The van der Waals surface area contributed by atoms with E-state index in [2.05, 4.69) is 21.2 Å². The maximum Gasteiger partial charge on any atom is 0.241 e. The highest BCUT2D eigenvalue weighted by Crippen LogP contribution is 2.19. The molecule has 0 saturated carbocycles. The summed E-state index contributed by atoms with van der Waals surface area (Å²) in [5, 5.41) is 2.43. The van der Waals surface area contributed by atoms with Gasteiger partial charge in [-0.15, -0.1) is 0 Å². The van der Waals surface area contributed by atoms with E-state index in [1.807, 2.05) is 0 Å². The second-order valence-electron chi connectivity index (χ2n) is 3.50. The normalized spacial score (nSPS) is 12.2. The molecule has 0 fully saturated rings. The van der Waals surface area contributed by atoms with Gasteiger partial charge in [0.25, 0.3) is 0 Å². The molecule has 0 aromatic heterocycles. The van der Waals surface area contributed by atoms with Crippen LogP contribution < -0.4 is 11.1 Å². The van der Waals surface area contributed by atoms with Gasteiger partial charge in [0.2, 0.25) is 5.91 Å². The summed E-state index contributed by atoms with van der Waals surface area (Å²) in [6.45, 7) is 0.386. The van der Waals surface area contributed by atoms with Gasteiger partial charge in [-0.25, -0.2) is 4.39 Å². The van der Waals surface area contributed by atoms with Gasteiger partial charge >= 0.3 is 0 Å². The molecular weight excluding hydrogens is 291 g/mol. The first-order valence-electron chi connectivity index (χ1n) is 5.05. The molecule has 0 aliphatic rings. The number of nitrogens with two attached hydrogens (primary N) is 1. The van der Waals surface area contributed by atoms with Gasteiger partial charge < -0.3 is 15.8 Å². The standard InChI is InChI=1S/C11H14BrFN2O2/c1-17-5-4-9(14)11(16)15-10-3-2-7(12)6-8(10)13/h2-3,6,9H,4-5,14H2,1H3,(H,15,16). The van der Waals surface area contributed by atoms with Crippen molar-refractivity contribution in [1.82, 2.24) is 0 Å². The first kappa shape index (κ1) is 14.1. The molecule has 0 radical (unpaired) electrons. The van der Waals surface area contributed by atoms with Crippen LogP contribution in [0.2, 0.25) is 0 Å². The van der Waals surface area contributed by atoms with Gasteiger partial charge in [-0.1, -0.05) is 15.9 Å². The monoisotopic (exact) mass is 304 g/mol. The third-order valence-corrected chi connectivity index (χ3v) is 2.65. The molecule has 1 unspecified atom stereocenters. The molecule has 1 aromatic carbocycles. The summed E-state index contributed by atoms with van der Waals surface area (Å²) < 4.78 is 18.8. The number of hydrogen-bond acceptors (Lipinski definition) is 3. The molecule has 1 rings (SSSR count). The highest BCUT2D eigenvalue weighted by molar-refractivity contribution is 9.10. The SMILES string of the molecule is COCCC(N)C(=O)Nc1ccc(Br)cc1F. The number of anilines is 1. The van der Waals surface area contributed by atoms with Gasteiger partial charge in [0, 0.05) is 18.2 Å². The molecule has 17 heavy (non-hydrogen) atoms. The van der Waals surface area contributed by atoms with E-state index >= 15 is 0 Å². The van der Waals surface area contributed by atoms with Crippen LogP contribution >= 0.6 is 15.9 Å². The van der Waals surface area contributed by atoms with Crippen molar-refractivity contribution in [1.29, 1.82) is 0 Å². The van der Waals surface area contributed by atoms with E-state index in [1.54, 1.807) is 6.07 Å². The van der Waals surface area contributed by atoms with Crippen LogP contribution in [0, 0.1) is 5.82 Å². The molecule has 0 aliphatic heterocycles. The quantitative estimate of drug-likeness (QED) is 0.873. The summed E-state index contributed by atoms with van der Waals surface area (Å²) >= 11 is 3.13. The van der Waals surface area contributed by atoms with E-state index in [9.17, 15) is 9.18 Å². The molecule has 0 heterocycles. The number of nitrogens with one attached hydrogen (secondary N) is 1. The zero-order valence-electron chi connectivity index (χ0n) is 9.37. The lowest BCUT2D eigenvalue weighted by molar-refractivity contribution is -0.117. The lowest BCUT2D eigenvalue weighted by Gasteiger charge is -2.12. The highest BCUT2D eigenvalue weighted by atomic mass is 79.9. The Morgan fingerprint density at radius 2 is 2.35 bits per heavy atom. The van der Waals surface area contributed by atoms with Crippen molar-refractivity contribution >= 4 is 27.5 Å². The molecule has 1 aromatic rings. The fourth-order valence-corrected chi connectivity index (χ4v) is 1.53. The maximum atomic E-state index is 13.4. The van der Waals surface area contributed by atoms with Crippen LogP contribution in [0.1, 0.15) is 6.42 Å². The Morgan fingerprint density at radius 1 is 1.65 bits per heavy atom. The van der Waals surface area contributed by atoms with E-state index < -0.39 is 17.8 Å². The molecule has 3 N–H and O–H groups in total. The number of benzene rings is 1. The van der Waals surface area contributed by atoms with Crippen molar-refractivity contribution in [3.63, 3.8) is 0 Å². The molecule has 94 valence electrons. The Bertz CT molecular complexity index is 401. The third kappa shape index (κ3) is 4.41. The van der Waals surface area contributed by atoms with Crippen LogP contribution in [0.5, 0.6) is 0 Å². The molecule has 0 bridgehead atoms. The summed E-state index contributed by atoms with van der Waals surface area (Å²) in [6, 6.07) is 3.67.